The van der Waals surface area contributed by atoms with Crippen LogP contribution in [-0.4, -0.2) is 29.4 Å². The zero-order valence-corrected chi connectivity index (χ0v) is 9.24. The Hall–Kier alpha value is -2.08. The van der Waals surface area contributed by atoms with E-state index in [1.165, 1.54) is 0 Å². The summed E-state index contributed by atoms with van der Waals surface area (Å²) in [6, 6.07) is 6.87. The Morgan fingerprint density at radius 2 is 1.78 bits per heavy atom. The lowest BCUT2D eigenvalue weighted by Crippen LogP contribution is -2.47. The van der Waals surface area contributed by atoms with Crippen LogP contribution in [0.1, 0.15) is 18.1 Å². The molecule has 0 saturated carbocycles. The molecule has 0 aliphatic carbocycles. The zero-order valence-electron chi connectivity index (χ0n) is 9.24. The molecule has 1 aromatic carbocycles. The molecular formula is C12H10O6. The maximum Gasteiger partial charge on any atom is 0.420 e. The Labute approximate surface area is 102 Å². The maximum absolute atomic E-state index is 11.1. The third kappa shape index (κ3) is 1.70. The summed E-state index contributed by atoms with van der Waals surface area (Å²) in [7, 11) is 0. The Morgan fingerprint density at radius 1 is 1.06 bits per heavy atom. The average molecular weight is 250 g/mol. The Balaban J connectivity index is 1.95. The summed E-state index contributed by atoms with van der Waals surface area (Å²) in [5.74, 6) is -1.72. The number of carbonyl (C=O) groups excluding carboxylic acids is 2. The number of ether oxygens (including phenoxy) is 3. The summed E-state index contributed by atoms with van der Waals surface area (Å²) in [5, 5.41) is 10.0. The number of para-hydroxylation sites is 1. The van der Waals surface area contributed by atoms with E-state index in [4.69, 9.17) is 14.2 Å². The van der Waals surface area contributed by atoms with Crippen molar-refractivity contribution < 1.29 is 28.9 Å². The number of carbonyl (C=O) groups is 2. The first-order chi connectivity index (χ1) is 8.65. The molecule has 3 rings (SSSR count). The molecular weight excluding hydrogens is 240 g/mol. The van der Waals surface area contributed by atoms with Crippen LogP contribution in [-0.2, 0) is 19.1 Å². The van der Waals surface area contributed by atoms with E-state index in [1.54, 1.807) is 24.3 Å². The van der Waals surface area contributed by atoms with E-state index in [0.29, 0.717) is 11.3 Å². The molecule has 0 radical (unpaired) electrons. The quantitative estimate of drug-likeness (QED) is 0.526. The van der Waals surface area contributed by atoms with Gasteiger partial charge in [-0.3, -0.25) is 0 Å². The number of benzene rings is 1. The minimum absolute atomic E-state index is 0.126. The second kappa shape index (κ2) is 3.99. The second-order valence-electron chi connectivity index (χ2n) is 4.12. The standard InChI is InChI=1S/C12H10O6/c13-7-5-9-12(18-11(15)10(14)16-9)17-8-4-2-1-3-6(7)8/h1-4,7,9,12-13H,5H2. The normalized spacial score (nSPS) is 30.2. The summed E-state index contributed by atoms with van der Waals surface area (Å²) >= 11 is 0. The first-order valence-electron chi connectivity index (χ1n) is 5.50. The smallest absolute Gasteiger partial charge is 0.420 e. The van der Waals surface area contributed by atoms with Crippen LogP contribution in [0, 0.1) is 0 Å². The van der Waals surface area contributed by atoms with Crippen LogP contribution in [0.2, 0.25) is 0 Å². The molecule has 0 amide bonds. The third-order valence-corrected chi connectivity index (χ3v) is 2.93. The van der Waals surface area contributed by atoms with Crippen LogP contribution in [0.15, 0.2) is 24.3 Å². The van der Waals surface area contributed by atoms with Crippen molar-refractivity contribution in [3.05, 3.63) is 29.8 Å². The van der Waals surface area contributed by atoms with E-state index in [1.807, 2.05) is 0 Å². The van der Waals surface area contributed by atoms with Gasteiger partial charge in [0.05, 0.1) is 6.10 Å². The lowest BCUT2D eigenvalue weighted by Gasteiger charge is -2.28. The average Bonchev–Trinajstić information content (AvgIpc) is 2.48. The predicted molar refractivity (Wildman–Crippen MR) is 56.4 cm³/mol. The van der Waals surface area contributed by atoms with E-state index in [2.05, 4.69) is 0 Å². The van der Waals surface area contributed by atoms with Gasteiger partial charge in [-0.15, -0.1) is 0 Å². The maximum atomic E-state index is 11.1. The molecule has 3 atom stereocenters. The Kier molecular flexibility index (Phi) is 2.45. The van der Waals surface area contributed by atoms with Crippen LogP contribution in [0.3, 0.4) is 0 Å². The van der Waals surface area contributed by atoms with E-state index in [9.17, 15) is 14.7 Å². The predicted octanol–water partition coefficient (Wildman–Crippen LogP) is 0.297. The molecule has 2 aliphatic rings. The minimum Gasteiger partial charge on any atom is -0.451 e. The highest BCUT2D eigenvalue weighted by Crippen LogP contribution is 2.35. The van der Waals surface area contributed by atoms with Crippen LogP contribution in [0.5, 0.6) is 5.75 Å². The van der Waals surface area contributed by atoms with Gasteiger partial charge in [0.2, 0.25) is 0 Å². The van der Waals surface area contributed by atoms with Gasteiger partial charge in [0, 0.05) is 12.0 Å². The van der Waals surface area contributed by atoms with Gasteiger partial charge in [0.25, 0.3) is 6.29 Å². The highest BCUT2D eigenvalue weighted by molar-refractivity contribution is 6.30. The molecule has 1 N–H and O–H groups in total. The molecule has 6 heteroatoms. The molecule has 1 aromatic rings. The summed E-state index contributed by atoms with van der Waals surface area (Å²) in [6.45, 7) is 0. The van der Waals surface area contributed by atoms with Gasteiger partial charge < -0.3 is 19.3 Å². The van der Waals surface area contributed by atoms with Gasteiger partial charge >= 0.3 is 11.9 Å². The molecule has 0 bridgehead atoms. The SMILES string of the molecule is O=C1OC2CC(O)c3ccccc3OC2OC1=O. The molecule has 6 nitrogen and oxygen atoms in total. The van der Waals surface area contributed by atoms with Crippen molar-refractivity contribution in [3.8, 4) is 5.75 Å². The largest absolute Gasteiger partial charge is 0.451 e. The van der Waals surface area contributed by atoms with Crippen molar-refractivity contribution in [3.63, 3.8) is 0 Å². The topological polar surface area (TPSA) is 82.1 Å². The summed E-state index contributed by atoms with van der Waals surface area (Å²) in [5.41, 5.74) is 0.582. The van der Waals surface area contributed by atoms with E-state index in [-0.39, 0.29) is 6.42 Å². The third-order valence-electron chi connectivity index (χ3n) is 2.93. The fourth-order valence-corrected chi connectivity index (χ4v) is 2.07. The van der Waals surface area contributed by atoms with Gasteiger partial charge in [-0.1, -0.05) is 18.2 Å². The number of hydrogen-bond donors (Lipinski definition) is 1. The number of rotatable bonds is 0. The molecule has 94 valence electrons. The number of hydrogen-bond acceptors (Lipinski definition) is 6. The molecule has 0 aromatic heterocycles. The van der Waals surface area contributed by atoms with Gasteiger partial charge in [-0.25, -0.2) is 9.59 Å². The van der Waals surface area contributed by atoms with Gasteiger partial charge in [-0.2, -0.15) is 0 Å². The molecule has 18 heavy (non-hydrogen) atoms. The number of esters is 2. The van der Waals surface area contributed by atoms with Crippen molar-refractivity contribution in [1.82, 2.24) is 0 Å². The molecule has 0 spiro atoms. The molecule has 2 aliphatic heterocycles. The Bertz CT molecular complexity index is 511. The number of aliphatic hydroxyl groups excluding tert-OH is 1. The molecule has 3 unspecified atom stereocenters. The fraction of sp³-hybridized carbons (Fsp3) is 0.333. The molecule has 2 heterocycles. The fourth-order valence-electron chi connectivity index (χ4n) is 2.07. The van der Waals surface area contributed by atoms with Crippen molar-refractivity contribution >= 4 is 11.9 Å². The molecule has 1 fully saturated rings. The van der Waals surface area contributed by atoms with Gasteiger partial charge in [-0.05, 0) is 6.07 Å². The summed E-state index contributed by atoms with van der Waals surface area (Å²) < 4.78 is 15.2. The highest BCUT2D eigenvalue weighted by atomic mass is 16.7. The summed E-state index contributed by atoms with van der Waals surface area (Å²) in [6.07, 6.45) is -2.51. The van der Waals surface area contributed by atoms with Crippen LogP contribution in [0.25, 0.3) is 0 Å². The number of aliphatic hydroxyl groups is 1. The van der Waals surface area contributed by atoms with Gasteiger partial charge in [0.15, 0.2) is 6.10 Å². The van der Waals surface area contributed by atoms with Crippen molar-refractivity contribution in [1.29, 1.82) is 0 Å². The first-order valence-corrected chi connectivity index (χ1v) is 5.50. The van der Waals surface area contributed by atoms with Crippen LogP contribution in [0.4, 0.5) is 0 Å². The van der Waals surface area contributed by atoms with E-state index >= 15 is 0 Å². The summed E-state index contributed by atoms with van der Waals surface area (Å²) in [4.78, 5) is 22.2. The molecule has 1 saturated heterocycles. The van der Waals surface area contributed by atoms with Crippen LogP contribution >= 0.6 is 0 Å². The second-order valence-corrected chi connectivity index (χ2v) is 4.12. The monoisotopic (exact) mass is 250 g/mol. The van der Waals surface area contributed by atoms with Crippen molar-refractivity contribution in [2.75, 3.05) is 0 Å². The van der Waals surface area contributed by atoms with Gasteiger partial charge in [0.1, 0.15) is 5.75 Å². The lowest BCUT2D eigenvalue weighted by atomic mass is 10.0. The highest BCUT2D eigenvalue weighted by Gasteiger charge is 2.43. The minimum atomic E-state index is -1.08. The zero-order chi connectivity index (χ0) is 12.7. The first kappa shape index (κ1) is 11.0. The Morgan fingerprint density at radius 3 is 2.61 bits per heavy atom. The lowest BCUT2D eigenvalue weighted by molar-refractivity contribution is -0.219. The van der Waals surface area contributed by atoms with Crippen LogP contribution < -0.4 is 4.74 Å². The van der Waals surface area contributed by atoms with Crippen molar-refractivity contribution in [2.24, 2.45) is 0 Å². The number of fused-ring (bicyclic) bond motifs is 2. The van der Waals surface area contributed by atoms with E-state index in [0.717, 1.165) is 0 Å². The van der Waals surface area contributed by atoms with Crippen molar-refractivity contribution in [2.45, 2.75) is 24.9 Å². The van der Waals surface area contributed by atoms with E-state index < -0.39 is 30.4 Å².